The van der Waals surface area contributed by atoms with Crippen molar-refractivity contribution in [1.29, 1.82) is 0 Å². The molecule has 1 rings (SSSR count). The van der Waals surface area contributed by atoms with Gasteiger partial charge in [0.1, 0.15) is 4.60 Å². The van der Waals surface area contributed by atoms with Crippen molar-refractivity contribution in [2.75, 3.05) is 13.2 Å². The molecule has 74 valence electrons. The first kappa shape index (κ1) is 10.7. The zero-order chi connectivity index (χ0) is 10.1. The molecule has 1 unspecified atom stereocenters. The Morgan fingerprint density at radius 1 is 1.77 bits per heavy atom. The number of aliphatic hydroxyl groups is 1. The first-order valence-corrected chi connectivity index (χ1v) is 4.84. The van der Waals surface area contributed by atoms with Gasteiger partial charge in [-0.15, -0.1) is 0 Å². The second kappa shape index (κ2) is 3.77. The van der Waals surface area contributed by atoms with E-state index >= 15 is 0 Å². The normalized spacial score (nSPS) is 15.8. The standard InChI is InChI=1S/C8H14BrN3O/c1-8(4-10,5-13)6-3-7(9)11-12(6)2/h3,13H,4-5,10H2,1-2H3. The second-order valence-electron chi connectivity index (χ2n) is 3.40. The largest absolute Gasteiger partial charge is 0.395 e. The number of halogens is 1. The van der Waals surface area contributed by atoms with Crippen LogP contribution in [0, 0.1) is 0 Å². The van der Waals surface area contributed by atoms with Crippen LogP contribution in [0.5, 0.6) is 0 Å². The Kier molecular flexibility index (Phi) is 3.10. The van der Waals surface area contributed by atoms with E-state index in [9.17, 15) is 5.11 Å². The lowest BCUT2D eigenvalue weighted by Crippen LogP contribution is -2.37. The second-order valence-corrected chi connectivity index (χ2v) is 4.21. The summed E-state index contributed by atoms with van der Waals surface area (Å²) < 4.78 is 2.49. The van der Waals surface area contributed by atoms with Gasteiger partial charge in [0, 0.05) is 24.7 Å². The average molecular weight is 248 g/mol. The highest BCUT2D eigenvalue weighted by atomic mass is 79.9. The Balaban J connectivity index is 3.11. The molecule has 1 atom stereocenters. The van der Waals surface area contributed by atoms with Crippen molar-refractivity contribution in [1.82, 2.24) is 9.78 Å². The topological polar surface area (TPSA) is 64.1 Å². The molecule has 0 spiro atoms. The minimum absolute atomic E-state index is 0.0233. The summed E-state index contributed by atoms with van der Waals surface area (Å²) in [5.74, 6) is 0. The van der Waals surface area contributed by atoms with Crippen LogP contribution in [0.4, 0.5) is 0 Å². The first-order valence-electron chi connectivity index (χ1n) is 4.04. The molecular weight excluding hydrogens is 234 g/mol. The predicted octanol–water partition coefficient (Wildman–Crippen LogP) is 0.391. The third-order valence-corrected chi connectivity index (χ3v) is 2.66. The van der Waals surface area contributed by atoms with E-state index in [1.165, 1.54) is 0 Å². The summed E-state index contributed by atoms with van der Waals surface area (Å²) in [5.41, 5.74) is 6.14. The molecule has 0 amide bonds. The van der Waals surface area contributed by atoms with Crippen LogP contribution in [-0.2, 0) is 12.5 Å². The zero-order valence-electron chi connectivity index (χ0n) is 7.79. The van der Waals surface area contributed by atoms with E-state index in [0.717, 1.165) is 10.3 Å². The van der Waals surface area contributed by atoms with Crippen molar-refractivity contribution in [2.45, 2.75) is 12.3 Å². The molecule has 1 aromatic heterocycles. The number of nitrogens with two attached hydrogens (primary N) is 1. The van der Waals surface area contributed by atoms with Crippen LogP contribution in [0.2, 0.25) is 0 Å². The van der Waals surface area contributed by atoms with Crippen LogP contribution >= 0.6 is 15.9 Å². The first-order chi connectivity index (χ1) is 6.03. The third-order valence-electron chi connectivity index (χ3n) is 2.27. The maximum Gasteiger partial charge on any atom is 0.128 e. The number of aliphatic hydroxyl groups excluding tert-OH is 1. The fraction of sp³-hybridized carbons (Fsp3) is 0.625. The molecule has 0 aliphatic rings. The van der Waals surface area contributed by atoms with Gasteiger partial charge in [0.15, 0.2) is 0 Å². The molecule has 3 N–H and O–H groups in total. The molecule has 0 aromatic carbocycles. The minimum atomic E-state index is -0.409. The number of rotatable bonds is 3. The van der Waals surface area contributed by atoms with Gasteiger partial charge in [0.05, 0.1) is 6.61 Å². The average Bonchev–Trinajstić information content (AvgIpc) is 2.44. The molecular formula is C8H14BrN3O. The monoisotopic (exact) mass is 247 g/mol. The Bertz CT molecular complexity index is 294. The summed E-state index contributed by atoms with van der Waals surface area (Å²) in [6.45, 7) is 2.33. The third kappa shape index (κ3) is 1.92. The van der Waals surface area contributed by atoms with Gasteiger partial charge in [-0.1, -0.05) is 6.92 Å². The number of hydrogen-bond donors (Lipinski definition) is 2. The lowest BCUT2D eigenvalue weighted by atomic mass is 9.88. The van der Waals surface area contributed by atoms with E-state index in [4.69, 9.17) is 5.73 Å². The molecule has 1 aromatic rings. The number of aryl methyl sites for hydroxylation is 1. The Hall–Kier alpha value is -0.390. The summed E-state index contributed by atoms with van der Waals surface area (Å²) in [4.78, 5) is 0. The fourth-order valence-electron chi connectivity index (χ4n) is 1.25. The Morgan fingerprint density at radius 3 is 2.69 bits per heavy atom. The van der Waals surface area contributed by atoms with Crippen molar-refractivity contribution in [3.8, 4) is 0 Å². The zero-order valence-corrected chi connectivity index (χ0v) is 9.37. The molecule has 0 aliphatic carbocycles. The van der Waals surface area contributed by atoms with Crippen molar-refractivity contribution >= 4 is 15.9 Å². The fourth-order valence-corrected chi connectivity index (χ4v) is 1.70. The Labute approximate surface area is 85.9 Å². The highest BCUT2D eigenvalue weighted by Crippen LogP contribution is 2.23. The molecule has 4 nitrogen and oxygen atoms in total. The van der Waals surface area contributed by atoms with Crippen LogP contribution in [0.1, 0.15) is 12.6 Å². The quantitative estimate of drug-likeness (QED) is 0.813. The van der Waals surface area contributed by atoms with E-state index in [1.54, 1.807) is 4.68 Å². The summed E-state index contributed by atoms with van der Waals surface area (Å²) >= 11 is 3.28. The van der Waals surface area contributed by atoms with Crippen molar-refractivity contribution < 1.29 is 5.11 Å². The molecule has 0 saturated carbocycles. The lowest BCUT2D eigenvalue weighted by molar-refractivity contribution is 0.203. The smallest absolute Gasteiger partial charge is 0.128 e. The van der Waals surface area contributed by atoms with E-state index < -0.39 is 5.41 Å². The molecule has 0 saturated heterocycles. The van der Waals surface area contributed by atoms with Crippen molar-refractivity contribution in [3.05, 3.63) is 16.4 Å². The lowest BCUT2D eigenvalue weighted by Gasteiger charge is -2.25. The van der Waals surface area contributed by atoms with Crippen LogP contribution in [0.25, 0.3) is 0 Å². The van der Waals surface area contributed by atoms with Crippen LogP contribution < -0.4 is 5.73 Å². The predicted molar refractivity (Wildman–Crippen MR) is 54.4 cm³/mol. The van der Waals surface area contributed by atoms with Gasteiger partial charge in [-0.3, -0.25) is 4.68 Å². The molecule has 0 aliphatic heterocycles. The highest BCUT2D eigenvalue weighted by molar-refractivity contribution is 9.10. The van der Waals surface area contributed by atoms with Crippen LogP contribution in [-0.4, -0.2) is 28.0 Å². The summed E-state index contributed by atoms with van der Waals surface area (Å²) in [5, 5.41) is 13.4. The van der Waals surface area contributed by atoms with Gasteiger partial charge in [0.2, 0.25) is 0 Å². The molecule has 0 radical (unpaired) electrons. The number of aromatic nitrogens is 2. The van der Waals surface area contributed by atoms with Crippen molar-refractivity contribution in [2.24, 2.45) is 12.8 Å². The summed E-state index contributed by atoms with van der Waals surface area (Å²) in [7, 11) is 1.84. The number of hydrogen-bond acceptors (Lipinski definition) is 3. The molecule has 5 heteroatoms. The maximum absolute atomic E-state index is 9.24. The maximum atomic E-state index is 9.24. The molecule has 0 bridgehead atoms. The minimum Gasteiger partial charge on any atom is -0.395 e. The van der Waals surface area contributed by atoms with E-state index in [0.29, 0.717) is 6.54 Å². The SMILES string of the molecule is Cn1nc(Br)cc1C(C)(CN)CO. The van der Waals surface area contributed by atoms with E-state index in [-0.39, 0.29) is 6.61 Å². The molecule has 0 fully saturated rings. The molecule has 1 heterocycles. The number of nitrogens with zero attached hydrogens (tertiary/aromatic N) is 2. The summed E-state index contributed by atoms with van der Waals surface area (Å²) in [6, 6.07) is 1.88. The van der Waals surface area contributed by atoms with Crippen molar-refractivity contribution in [3.63, 3.8) is 0 Å². The molecule has 13 heavy (non-hydrogen) atoms. The van der Waals surface area contributed by atoms with Gasteiger partial charge >= 0.3 is 0 Å². The van der Waals surface area contributed by atoms with E-state index in [1.807, 2.05) is 20.0 Å². The van der Waals surface area contributed by atoms with E-state index in [2.05, 4.69) is 21.0 Å². The highest BCUT2D eigenvalue weighted by Gasteiger charge is 2.27. The summed E-state index contributed by atoms with van der Waals surface area (Å²) in [6.07, 6.45) is 0. The van der Waals surface area contributed by atoms with Gasteiger partial charge in [-0.25, -0.2) is 0 Å². The van der Waals surface area contributed by atoms with Gasteiger partial charge in [-0.2, -0.15) is 5.10 Å². The van der Waals surface area contributed by atoms with Crippen LogP contribution in [0.3, 0.4) is 0 Å². The van der Waals surface area contributed by atoms with Crippen LogP contribution in [0.15, 0.2) is 10.7 Å². The van der Waals surface area contributed by atoms with Gasteiger partial charge in [-0.05, 0) is 22.0 Å². The Morgan fingerprint density at radius 2 is 2.38 bits per heavy atom. The van der Waals surface area contributed by atoms with Gasteiger partial charge < -0.3 is 10.8 Å². The van der Waals surface area contributed by atoms with Gasteiger partial charge in [0.25, 0.3) is 0 Å².